The normalized spacial score (nSPS) is 12.2. The number of hydrogen-bond acceptors (Lipinski definition) is 3. The van der Waals surface area contributed by atoms with Gasteiger partial charge in [-0.15, -0.1) is 0 Å². The first-order chi connectivity index (χ1) is 6.05. The summed E-state index contributed by atoms with van der Waals surface area (Å²) < 4.78 is 30.5. The summed E-state index contributed by atoms with van der Waals surface area (Å²) in [6.45, 7) is 0. The Labute approximate surface area is 76.7 Å². The summed E-state index contributed by atoms with van der Waals surface area (Å²) in [6, 6.07) is 6.10. The summed E-state index contributed by atoms with van der Waals surface area (Å²) in [6.07, 6.45) is 1.38. The van der Waals surface area contributed by atoms with Crippen LogP contribution in [0.4, 0.5) is 0 Å². The maximum absolute atomic E-state index is 10.8. The molecule has 0 aliphatic carbocycles. The van der Waals surface area contributed by atoms with Crippen LogP contribution in [0.1, 0.15) is 5.56 Å². The van der Waals surface area contributed by atoms with Gasteiger partial charge in [-0.2, -0.15) is 8.42 Å². The van der Waals surface area contributed by atoms with E-state index >= 15 is 0 Å². The van der Waals surface area contributed by atoms with Crippen molar-refractivity contribution in [3.8, 4) is 0 Å². The predicted molar refractivity (Wildman–Crippen MR) is 49.8 cm³/mol. The molecule has 0 fully saturated rings. The molecule has 0 radical (unpaired) electrons. The molecule has 13 heavy (non-hydrogen) atoms. The van der Waals surface area contributed by atoms with Crippen LogP contribution in [0.2, 0.25) is 0 Å². The number of aliphatic imine (C=N–C) groups is 1. The summed E-state index contributed by atoms with van der Waals surface area (Å²) in [7, 11) is -2.62. The van der Waals surface area contributed by atoms with Crippen molar-refractivity contribution in [2.75, 3.05) is 7.05 Å². The van der Waals surface area contributed by atoms with Gasteiger partial charge in [0.15, 0.2) is 0 Å². The van der Waals surface area contributed by atoms with Gasteiger partial charge in [0.05, 0.1) is 0 Å². The zero-order valence-electron chi connectivity index (χ0n) is 7.01. The molecule has 5 heteroatoms. The summed E-state index contributed by atoms with van der Waals surface area (Å²) >= 11 is 0. The van der Waals surface area contributed by atoms with Crippen LogP contribution in [0, 0.1) is 0 Å². The fourth-order valence-electron chi connectivity index (χ4n) is 0.961. The van der Waals surface area contributed by atoms with Gasteiger partial charge in [0.1, 0.15) is 4.90 Å². The van der Waals surface area contributed by atoms with Crippen LogP contribution < -0.4 is 0 Å². The second kappa shape index (κ2) is 3.68. The summed E-state index contributed by atoms with van der Waals surface area (Å²) in [5, 5.41) is 0. The van der Waals surface area contributed by atoms with Crippen LogP contribution in [0.5, 0.6) is 0 Å². The fourth-order valence-corrected chi connectivity index (χ4v) is 1.63. The molecule has 0 aliphatic heterocycles. The summed E-state index contributed by atoms with van der Waals surface area (Å²) in [5.41, 5.74) is 0.382. The molecular weight excluding hydrogens is 190 g/mol. The third-order valence-corrected chi connectivity index (χ3v) is 2.39. The monoisotopic (exact) mass is 199 g/mol. The van der Waals surface area contributed by atoms with Crippen molar-refractivity contribution in [1.82, 2.24) is 0 Å². The Morgan fingerprint density at radius 2 is 2.00 bits per heavy atom. The van der Waals surface area contributed by atoms with Crippen LogP contribution in [-0.2, 0) is 10.1 Å². The van der Waals surface area contributed by atoms with E-state index in [1.807, 2.05) is 0 Å². The van der Waals surface area contributed by atoms with Crippen molar-refractivity contribution < 1.29 is 13.0 Å². The van der Waals surface area contributed by atoms with E-state index < -0.39 is 10.1 Å². The van der Waals surface area contributed by atoms with E-state index in [4.69, 9.17) is 4.55 Å². The minimum atomic E-state index is -4.15. The Balaban J connectivity index is 3.37. The highest BCUT2D eigenvalue weighted by molar-refractivity contribution is 7.86. The standard InChI is InChI=1S/C8H9NO3S/c1-9-6-7-4-2-3-5-8(7)13(10,11)12/h2-6H,1H3,(H,10,11,12)/b9-6-. The lowest BCUT2D eigenvalue weighted by molar-refractivity contribution is 0.483. The van der Waals surface area contributed by atoms with Gasteiger partial charge in [0.25, 0.3) is 10.1 Å². The minimum Gasteiger partial charge on any atom is -0.296 e. The Kier molecular flexibility index (Phi) is 2.79. The average molecular weight is 199 g/mol. The van der Waals surface area contributed by atoms with E-state index in [0.29, 0.717) is 5.56 Å². The third kappa shape index (κ3) is 2.37. The molecule has 0 spiro atoms. The van der Waals surface area contributed by atoms with E-state index in [1.165, 1.54) is 25.4 Å². The quantitative estimate of drug-likeness (QED) is 0.570. The highest BCUT2D eigenvalue weighted by Gasteiger charge is 2.12. The van der Waals surface area contributed by atoms with Gasteiger partial charge in [-0.1, -0.05) is 18.2 Å². The number of nitrogens with zero attached hydrogens (tertiary/aromatic N) is 1. The molecule has 70 valence electrons. The second-order valence-electron chi connectivity index (χ2n) is 2.40. The van der Waals surface area contributed by atoms with Crippen LogP contribution in [-0.4, -0.2) is 26.2 Å². The summed E-state index contributed by atoms with van der Waals surface area (Å²) in [5.74, 6) is 0. The van der Waals surface area contributed by atoms with Gasteiger partial charge in [-0.3, -0.25) is 9.55 Å². The molecule has 0 saturated carbocycles. The maximum atomic E-state index is 10.8. The number of benzene rings is 1. The van der Waals surface area contributed by atoms with Crippen molar-refractivity contribution >= 4 is 16.3 Å². The van der Waals surface area contributed by atoms with E-state index in [1.54, 1.807) is 12.1 Å². The molecule has 0 amide bonds. The highest BCUT2D eigenvalue weighted by atomic mass is 32.2. The van der Waals surface area contributed by atoms with E-state index in [9.17, 15) is 8.42 Å². The number of rotatable bonds is 2. The van der Waals surface area contributed by atoms with Crippen LogP contribution in [0.25, 0.3) is 0 Å². The van der Waals surface area contributed by atoms with Crippen molar-refractivity contribution in [2.24, 2.45) is 4.99 Å². The molecule has 0 saturated heterocycles. The molecular formula is C8H9NO3S. The van der Waals surface area contributed by atoms with Gasteiger partial charge < -0.3 is 0 Å². The van der Waals surface area contributed by atoms with Crippen molar-refractivity contribution in [1.29, 1.82) is 0 Å². The van der Waals surface area contributed by atoms with Crippen molar-refractivity contribution in [3.63, 3.8) is 0 Å². The molecule has 1 rings (SSSR count). The van der Waals surface area contributed by atoms with E-state index in [-0.39, 0.29) is 4.90 Å². The van der Waals surface area contributed by atoms with Crippen molar-refractivity contribution in [3.05, 3.63) is 29.8 Å². The van der Waals surface area contributed by atoms with Gasteiger partial charge in [-0.25, -0.2) is 0 Å². The molecule has 4 nitrogen and oxygen atoms in total. The molecule has 0 aromatic heterocycles. The topological polar surface area (TPSA) is 66.7 Å². The molecule has 1 aromatic rings. The maximum Gasteiger partial charge on any atom is 0.295 e. The lowest BCUT2D eigenvalue weighted by Crippen LogP contribution is -2.02. The van der Waals surface area contributed by atoms with Crippen LogP contribution in [0.15, 0.2) is 34.2 Å². The molecule has 0 unspecified atom stereocenters. The molecule has 1 N–H and O–H groups in total. The zero-order chi connectivity index (χ0) is 9.90. The smallest absolute Gasteiger partial charge is 0.295 e. The molecule has 0 bridgehead atoms. The molecule has 0 heterocycles. The summed E-state index contributed by atoms with van der Waals surface area (Å²) in [4.78, 5) is 3.56. The highest BCUT2D eigenvalue weighted by Crippen LogP contribution is 2.12. The third-order valence-electron chi connectivity index (χ3n) is 1.47. The largest absolute Gasteiger partial charge is 0.296 e. The van der Waals surface area contributed by atoms with Crippen LogP contribution in [0.3, 0.4) is 0 Å². The Morgan fingerprint density at radius 1 is 1.38 bits per heavy atom. The number of hydrogen-bond donors (Lipinski definition) is 1. The SMILES string of the molecule is C/N=C\c1ccccc1S(=O)(=O)O. The first kappa shape index (κ1) is 9.88. The lowest BCUT2D eigenvalue weighted by Gasteiger charge is -2.00. The van der Waals surface area contributed by atoms with Crippen LogP contribution >= 0.6 is 0 Å². The lowest BCUT2D eigenvalue weighted by atomic mass is 10.2. The molecule has 0 atom stereocenters. The second-order valence-corrected chi connectivity index (χ2v) is 3.79. The Hall–Kier alpha value is -1.20. The van der Waals surface area contributed by atoms with Gasteiger partial charge in [0, 0.05) is 18.8 Å². The first-order valence-corrected chi connectivity index (χ1v) is 4.98. The molecule has 0 aliphatic rings. The van der Waals surface area contributed by atoms with Gasteiger partial charge in [-0.05, 0) is 6.07 Å². The van der Waals surface area contributed by atoms with Crippen molar-refractivity contribution in [2.45, 2.75) is 4.90 Å². The van der Waals surface area contributed by atoms with Gasteiger partial charge >= 0.3 is 0 Å². The first-order valence-electron chi connectivity index (χ1n) is 3.54. The van der Waals surface area contributed by atoms with Gasteiger partial charge in [0.2, 0.25) is 0 Å². The fraction of sp³-hybridized carbons (Fsp3) is 0.125. The zero-order valence-corrected chi connectivity index (χ0v) is 7.82. The predicted octanol–water partition coefficient (Wildman–Crippen LogP) is 0.982. The average Bonchev–Trinajstić information content (AvgIpc) is 2.04. The minimum absolute atomic E-state index is 0.124. The Morgan fingerprint density at radius 3 is 2.54 bits per heavy atom. The molecule has 1 aromatic carbocycles. The van der Waals surface area contributed by atoms with E-state index in [0.717, 1.165) is 0 Å². The Bertz CT molecular complexity index is 423. The van der Waals surface area contributed by atoms with E-state index in [2.05, 4.69) is 4.99 Å².